The van der Waals surface area contributed by atoms with E-state index in [1.165, 1.54) is 24.1 Å². The molecule has 0 radical (unpaired) electrons. The summed E-state index contributed by atoms with van der Waals surface area (Å²) in [5.41, 5.74) is 3.40. The normalized spacial score (nSPS) is 20.1. The van der Waals surface area contributed by atoms with Crippen LogP contribution in [0.3, 0.4) is 0 Å². The van der Waals surface area contributed by atoms with Gasteiger partial charge in [-0.25, -0.2) is 0 Å². The fourth-order valence-corrected chi connectivity index (χ4v) is 2.68. The monoisotopic (exact) mass is 245 g/mol. The standard InChI is InChI=1S/C14H19N3O/c18-14-4-1-10-9-12(2-3-13(10)17-14)16-11-5-7-15-8-6-11/h2-3,9,11,15-16H,1,4-8H2,(H,17,18). The van der Waals surface area contributed by atoms with Crippen LogP contribution < -0.4 is 16.0 Å². The summed E-state index contributed by atoms with van der Waals surface area (Å²) in [5.74, 6) is 0.126. The zero-order valence-electron chi connectivity index (χ0n) is 10.5. The first-order valence-electron chi connectivity index (χ1n) is 6.71. The lowest BCUT2D eigenvalue weighted by atomic mass is 10.0. The molecule has 0 bridgehead atoms. The lowest BCUT2D eigenvalue weighted by Crippen LogP contribution is -2.35. The average molecular weight is 245 g/mol. The summed E-state index contributed by atoms with van der Waals surface area (Å²) in [6, 6.07) is 6.82. The van der Waals surface area contributed by atoms with Crippen LogP contribution in [-0.2, 0) is 11.2 Å². The largest absolute Gasteiger partial charge is 0.382 e. The first-order valence-corrected chi connectivity index (χ1v) is 6.71. The summed E-state index contributed by atoms with van der Waals surface area (Å²) in [5, 5.41) is 9.87. The Morgan fingerprint density at radius 1 is 1.17 bits per heavy atom. The summed E-state index contributed by atoms with van der Waals surface area (Å²) in [6.07, 6.45) is 3.80. The molecule has 4 nitrogen and oxygen atoms in total. The number of piperidine rings is 1. The van der Waals surface area contributed by atoms with E-state index in [1.807, 2.05) is 6.07 Å². The molecular weight excluding hydrogens is 226 g/mol. The quantitative estimate of drug-likeness (QED) is 0.744. The van der Waals surface area contributed by atoms with Gasteiger partial charge in [0.25, 0.3) is 0 Å². The minimum absolute atomic E-state index is 0.126. The molecule has 1 fully saturated rings. The molecule has 0 unspecified atom stereocenters. The molecule has 1 amide bonds. The Hall–Kier alpha value is -1.55. The summed E-state index contributed by atoms with van der Waals surface area (Å²) < 4.78 is 0. The molecular formula is C14H19N3O. The minimum atomic E-state index is 0.126. The maximum atomic E-state index is 11.3. The maximum Gasteiger partial charge on any atom is 0.224 e. The van der Waals surface area contributed by atoms with Gasteiger partial charge in [0.1, 0.15) is 0 Å². The molecule has 2 heterocycles. The Morgan fingerprint density at radius 3 is 2.83 bits per heavy atom. The van der Waals surface area contributed by atoms with Crippen LogP contribution in [-0.4, -0.2) is 25.0 Å². The Balaban J connectivity index is 1.71. The van der Waals surface area contributed by atoms with Crippen LogP contribution in [0.5, 0.6) is 0 Å². The number of hydrogen-bond donors (Lipinski definition) is 3. The van der Waals surface area contributed by atoms with Crippen LogP contribution in [0.4, 0.5) is 11.4 Å². The van der Waals surface area contributed by atoms with E-state index < -0.39 is 0 Å². The number of amides is 1. The van der Waals surface area contributed by atoms with Crippen LogP contribution in [0.1, 0.15) is 24.8 Å². The SMILES string of the molecule is O=C1CCc2cc(NC3CCNCC3)ccc2N1. The molecule has 3 N–H and O–H groups in total. The van der Waals surface area contributed by atoms with Crippen LogP contribution in [0, 0.1) is 0 Å². The molecule has 2 aliphatic heterocycles. The van der Waals surface area contributed by atoms with Crippen molar-refractivity contribution in [1.29, 1.82) is 0 Å². The van der Waals surface area contributed by atoms with Gasteiger partial charge >= 0.3 is 0 Å². The summed E-state index contributed by atoms with van der Waals surface area (Å²) >= 11 is 0. The van der Waals surface area contributed by atoms with Crippen LogP contribution in [0.2, 0.25) is 0 Å². The molecule has 18 heavy (non-hydrogen) atoms. The van der Waals surface area contributed by atoms with E-state index in [4.69, 9.17) is 0 Å². The third kappa shape index (κ3) is 2.48. The van der Waals surface area contributed by atoms with E-state index in [-0.39, 0.29) is 5.91 Å². The van der Waals surface area contributed by atoms with Gasteiger partial charge in [0, 0.05) is 23.8 Å². The molecule has 0 saturated carbocycles. The molecule has 96 valence electrons. The van der Waals surface area contributed by atoms with Crippen molar-refractivity contribution >= 4 is 17.3 Å². The topological polar surface area (TPSA) is 53.2 Å². The number of carbonyl (C=O) groups is 1. The fraction of sp³-hybridized carbons (Fsp3) is 0.500. The molecule has 2 aliphatic rings. The summed E-state index contributed by atoms with van der Waals surface area (Å²) in [7, 11) is 0. The van der Waals surface area contributed by atoms with Crippen molar-refractivity contribution in [1.82, 2.24) is 5.32 Å². The van der Waals surface area contributed by atoms with E-state index in [0.717, 1.165) is 25.2 Å². The van der Waals surface area contributed by atoms with Crippen molar-refractivity contribution in [3.05, 3.63) is 23.8 Å². The third-order valence-corrected chi connectivity index (χ3v) is 3.71. The molecule has 1 saturated heterocycles. The van der Waals surface area contributed by atoms with Gasteiger partial charge < -0.3 is 16.0 Å². The molecule has 0 spiro atoms. The highest BCUT2D eigenvalue weighted by Gasteiger charge is 2.16. The summed E-state index contributed by atoms with van der Waals surface area (Å²) in [6.45, 7) is 2.19. The second-order valence-corrected chi connectivity index (χ2v) is 5.09. The average Bonchev–Trinajstić information content (AvgIpc) is 2.40. The first-order chi connectivity index (χ1) is 8.81. The van der Waals surface area contributed by atoms with Crippen molar-refractivity contribution in [2.45, 2.75) is 31.7 Å². The van der Waals surface area contributed by atoms with Gasteiger partial charge in [0.2, 0.25) is 5.91 Å². The molecule has 3 rings (SSSR count). The second kappa shape index (κ2) is 4.98. The van der Waals surface area contributed by atoms with Crippen molar-refractivity contribution < 1.29 is 4.79 Å². The van der Waals surface area contributed by atoms with Crippen LogP contribution in [0.15, 0.2) is 18.2 Å². The third-order valence-electron chi connectivity index (χ3n) is 3.71. The predicted molar refractivity (Wildman–Crippen MR) is 72.9 cm³/mol. The van der Waals surface area contributed by atoms with Gasteiger partial charge in [-0.2, -0.15) is 0 Å². The maximum absolute atomic E-state index is 11.3. The Kier molecular flexibility index (Phi) is 3.19. The minimum Gasteiger partial charge on any atom is -0.382 e. The van der Waals surface area contributed by atoms with Gasteiger partial charge in [0.15, 0.2) is 0 Å². The zero-order chi connectivity index (χ0) is 12.4. The molecule has 0 aliphatic carbocycles. The number of nitrogens with one attached hydrogen (secondary N) is 3. The van der Waals surface area contributed by atoms with Crippen molar-refractivity contribution in [2.24, 2.45) is 0 Å². The molecule has 0 atom stereocenters. The number of fused-ring (bicyclic) bond motifs is 1. The van der Waals surface area contributed by atoms with Gasteiger partial charge in [-0.15, -0.1) is 0 Å². The second-order valence-electron chi connectivity index (χ2n) is 5.09. The molecule has 1 aromatic rings. The highest BCUT2D eigenvalue weighted by atomic mass is 16.1. The van der Waals surface area contributed by atoms with E-state index in [0.29, 0.717) is 12.5 Å². The molecule has 0 aromatic heterocycles. The van der Waals surface area contributed by atoms with E-state index in [9.17, 15) is 4.79 Å². The zero-order valence-corrected chi connectivity index (χ0v) is 10.5. The van der Waals surface area contributed by atoms with Crippen LogP contribution >= 0.6 is 0 Å². The van der Waals surface area contributed by atoms with Crippen molar-refractivity contribution in [3.63, 3.8) is 0 Å². The number of benzene rings is 1. The van der Waals surface area contributed by atoms with Crippen LogP contribution in [0.25, 0.3) is 0 Å². The number of anilines is 2. The van der Waals surface area contributed by atoms with E-state index in [2.05, 4.69) is 28.1 Å². The fourth-order valence-electron chi connectivity index (χ4n) is 2.68. The number of carbonyl (C=O) groups excluding carboxylic acids is 1. The highest BCUT2D eigenvalue weighted by molar-refractivity contribution is 5.94. The molecule has 4 heteroatoms. The smallest absolute Gasteiger partial charge is 0.224 e. The van der Waals surface area contributed by atoms with Crippen molar-refractivity contribution in [2.75, 3.05) is 23.7 Å². The van der Waals surface area contributed by atoms with Gasteiger partial charge in [-0.05, 0) is 56.1 Å². The van der Waals surface area contributed by atoms with Gasteiger partial charge in [-0.1, -0.05) is 0 Å². The van der Waals surface area contributed by atoms with Gasteiger partial charge in [-0.3, -0.25) is 4.79 Å². The first kappa shape index (κ1) is 11.5. The number of aryl methyl sites for hydroxylation is 1. The Labute approximate surface area is 107 Å². The predicted octanol–water partition coefficient (Wildman–Crippen LogP) is 1.74. The number of hydrogen-bond acceptors (Lipinski definition) is 3. The van der Waals surface area contributed by atoms with E-state index in [1.54, 1.807) is 0 Å². The highest BCUT2D eigenvalue weighted by Crippen LogP contribution is 2.26. The van der Waals surface area contributed by atoms with E-state index >= 15 is 0 Å². The van der Waals surface area contributed by atoms with Crippen molar-refractivity contribution in [3.8, 4) is 0 Å². The van der Waals surface area contributed by atoms with Gasteiger partial charge in [0.05, 0.1) is 0 Å². The summed E-state index contributed by atoms with van der Waals surface area (Å²) in [4.78, 5) is 11.3. The Bertz CT molecular complexity index is 452. The number of rotatable bonds is 2. The lowest BCUT2D eigenvalue weighted by molar-refractivity contribution is -0.116. The molecule has 1 aromatic carbocycles. The Morgan fingerprint density at radius 2 is 2.00 bits per heavy atom. The lowest BCUT2D eigenvalue weighted by Gasteiger charge is -2.25.